The van der Waals surface area contributed by atoms with Crippen molar-refractivity contribution in [1.29, 1.82) is 0 Å². The second kappa shape index (κ2) is 6.33. The predicted octanol–water partition coefficient (Wildman–Crippen LogP) is 2.85. The van der Waals surface area contributed by atoms with Crippen LogP contribution in [-0.2, 0) is 6.42 Å². The number of isothiocyanates is 1. The van der Waals surface area contributed by atoms with Crippen molar-refractivity contribution in [1.82, 2.24) is 0 Å². The highest BCUT2D eigenvalue weighted by Gasteiger charge is 2.09. The monoisotopic (exact) mass is 256 g/mol. The van der Waals surface area contributed by atoms with Crippen LogP contribution in [0.5, 0.6) is 0 Å². The zero-order valence-electron chi connectivity index (χ0n) is 8.30. The normalized spacial score (nSPS) is 11.6. The van der Waals surface area contributed by atoms with Crippen LogP contribution in [0.25, 0.3) is 0 Å². The molecule has 84 valence electrons. The average molecular weight is 257 g/mol. The molecule has 1 rings (SSSR count). The minimum atomic E-state index is -0.429. The van der Waals surface area contributed by atoms with Crippen LogP contribution in [0.3, 0.4) is 0 Å². The molecule has 0 bridgehead atoms. The Morgan fingerprint density at radius 1 is 1.62 bits per heavy atom. The quantitative estimate of drug-likeness (QED) is 0.268. The van der Waals surface area contributed by atoms with Gasteiger partial charge in [-0.15, -0.1) is 11.6 Å². The van der Waals surface area contributed by atoms with Gasteiger partial charge in [0.15, 0.2) is 0 Å². The first kappa shape index (κ1) is 12.8. The van der Waals surface area contributed by atoms with Gasteiger partial charge in [0.2, 0.25) is 0 Å². The SMILES string of the molecule is O=[N+]([O-])c1cccc(CC(Cl)CN=C=S)c1. The largest absolute Gasteiger partial charge is 0.269 e. The van der Waals surface area contributed by atoms with Crippen molar-refractivity contribution in [2.24, 2.45) is 4.99 Å². The second-order valence-electron chi connectivity index (χ2n) is 3.16. The highest BCUT2D eigenvalue weighted by molar-refractivity contribution is 7.78. The first-order valence-electron chi connectivity index (χ1n) is 4.54. The van der Waals surface area contributed by atoms with Gasteiger partial charge in [0.25, 0.3) is 5.69 Å². The standard InChI is InChI=1S/C10H9ClN2O2S/c11-9(6-12-7-16)4-8-2-1-3-10(5-8)13(14)15/h1-3,5,9H,4,6H2. The maximum absolute atomic E-state index is 10.5. The molecule has 1 unspecified atom stereocenters. The van der Waals surface area contributed by atoms with Crippen LogP contribution < -0.4 is 0 Å². The van der Waals surface area contributed by atoms with Crippen molar-refractivity contribution in [2.45, 2.75) is 11.8 Å². The van der Waals surface area contributed by atoms with Crippen LogP contribution >= 0.6 is 23.8 Å². The number of benzene rings is 1. The zero-order valence-corrected chi connectivity index (χ0v) is 9.87. The van der Waals surface area contributed by atoms with Gasteiger partial charge in [-0.1, -0.05) is 12.1 Å². The van der Waals surface area contributed by atoms with Gasteiger partial charge in [-0.3, -0.25) is 10.1 Å². The molecule has 1 aromatic rings. The van der Waals surface area contributed by atoms with Crippen LogP contribution in [0.4, 0.5) is 5.69 Å². The smallest absolute Gasteiger partial charge is 0.258 e. The van der Waals surface area contributed by atoms with Gasteiger partial charge in [0, 0.05) is 12.1 Å². The van der Waals surface area contributed by atoms with E-state index < -0.39 is 4.92 Å². The van der Waals surface area contributed by atoms with E-state index in [-0.39, 0.29) is 11.1 Å². The fourth-order valence-corrected chi connectivity index (χ4v) is 1.58. The fraction of sp³-hybridized carbons (Fsp3) is 0.300. The number of nitro benzene ring substituents is 1. The van der Waals surface area contributed by atoms with Crippen LogP contribution in [0, 0.1) is 10.1 Å². The summed E-state index contributed by atoms with van der Waals surface area (Å²) in [5.74, 6) is 0. The first-order chi connectivity index (χ1) is 7.63. The number of hydrogen-bond donors (Lipinski definition) is 0. The summed E-state index contributed by atoms with van der Waals surface area (Å²) in [7, 11) is 0. The van der Waals surface area contributed by atoms with E-state index in [9.17, 15) is 10.1 Å². The van der Waals surface area contributed by atoms with E-state index in [0.29, 0.717) is 13.0 Å². The van der Waals surface area contributed by atoms with Crippen molar-refractivity contribution in [3.8, 4) is 0 Å². The Morgan fingerprint density at radius 2 is 2.38 bits per heavy atom. The third-order valence-corrected chi connectivity index (χ3v) is 2.35. The summed E-state index contributed by atoms with van der Waals surface area (Å²) in [5, 5.41) is 12.5. The van der Waals surface area contributed by atoms with Gasteiger partial charge >= 0.3 is 0 Å². The Hall–Kier alpha value is -1.29. The molecule has 1 aromatic carbocycles. The van der Waals surface area contributed by atoms with Crippen LogP contribution in [-0.4, -0.2) is 22.0 Å². The molecule has 16 heavy (non-hydrogen) atoms. The summed E-state index contributed by atoms with van der Waals surface area (Å²) >= 11 is 10.4. The number of hydrogen-bond acceptors (Lipinski definition) is 4. The minimum absolute atomic E-state index is 0.0692. The maximum Gasteiger partial charge on any atom is 0.269 e. The molecule has 4 nitrogen and oxygen atoms in total. The summed E-state index contributed by atoms with van der Waals surface area (Å²) in [6.07, 6.45) is 0.518. The molecule has 0 saturated heterocycles. The fourth-order valence-electron chi connectivity index (χ4n) is 1.25. The van der Waals surface area contributed by atoms with Gasteiger partial charge < -0.3 is 0 Å². The molecule has 0 fully saturated rings. The topological polar surface area (TPSA) is 55.5 Å². The number of thiocarbonyl (C=S) groups is 1. The molecule has 6 heteroatoms. The van der Waals surface area contributed by atoms with Crippen LogP contribution in [0.1, 0.15) is 5.56 Å². The Labute approximate surface area is 103 Å². The van der Waals surface area contributed by atoms with E-state index in [1.807, 2.05) is 0 Å². The van der Waals surface area contributed by atoms with Gasteiger partial charge in [-0.05, 0) is 24.2 Å². The molecule has 0 aliphatic carbocycles. The lowest BCUT2D eigenvalue weighted by Gasteiger charge is -2.05. The van der Waals surface area contributed by atoms with Crippen molar-refractivity contribution in [3.63, 3.8) is 0 Å². The van der Waals surface area contributed by atoms with E-state index in [0.717, 1.165) is 5.56 Å². The second-order valence-corrected chi connectivity index (χ2v) is 3.96. The number of nitro groups is 1. The summed E-state index contributed by atoms with van der Waals surface area (Å²) in [6, 6.07) is 6.39. The van der Waals surface area contributed by atoms with Crippen LogP contribution in [0.15, 0.2) is 29.3 Å². The van der Waals surface area contributed by atoms with Gasteiger partial charge in [-0.25, -0.2) is 4.99 Å². The number of alkyl halides is 1. The summed E-state index contributed by atoms with van der Waals surface area (Å²) < 4.78 is 0. The summed E-state index contributed by atoms with van der Waals surface area (Å²) in [6.45, 7) is 0.369. The molecule has 0 N–H and O–H groups in total. The molecule has 0 amide bonds. The Balaban J connectivity index is 2.69. The van der Waals surface area contributed by atoms with E-state index in [4.69, 9.17) is 11.6 Å². The maximum atomic E-state index is 10.5. The molecule has 0 aliphatic rings. The number of halogens is 1. The number of nitrogens with zero attached hydrogens (tertiary/aromatic N) is 2. The molecular weight excluding hydrogens is 248 g/mol. The van der Waals surface area contributed by atoms with E-state index in [2.05, 4.69) is 22.4 Å². The zero-order chi connectivity index (χ0) is 12.0. The predicted molar refractivity (Wildman–Crippen MR) is 66.3 cm³/mol. The van der Waals surface area contributed by atoms with Crippen molar-refractivity contribution in [3.05, 3.63) is 39.9 Å². The van der Waals surface area contributed by atoms with Gasteiger partial charge in [0.05, 0.1) is 22.0 Å². The third-order valence-electron chi connectivity index (χ3n) is 1.93. The van der Waals surface area contributed by atoms with Crippen molar-refractivity contribution < 1.29 is 4.92 Å². The first-order valence-corrected chi connectivity index (χ1v) is 5.39. The average Bonchev–Trinajstić information content (AvgIpc) is 2.26. The van der Waals surface area contributed by atoms with E-state index >= 15 is 0 Å². The molecular formula is C10H9ClN2O2S. The molecule has 0 aliphatic heterocycles. The highest BCUT2D eigenvalue weighted by Crippen LogP contribution is 2.16. The Bertz CT molecular complexity index is 433. The van der Waals surface area contributed by atoms with Crippen molar-refractivity contribution in [2.75, 3.05) is 6.54 Å². The van der Waals surface area contributed by atoms with Crippen molar-refractivity contribution >= 4 is 34.7 Å². The number of non-ortho nitro benzene ring substituents is 1. The number of aliphatic imine (C=N–C) groups is 1. The summed E-state index contributed by atoms with van der Waals surface area (Å²) in [4.78, 5) is 13.8. The van der Waals surface area contributed by atoms with Crippen LogP contribution in [0.2, 0.25) is 0 Å². The molecule has 0 heterocycles. The Morgan fingerprint density at radius 3 is 3.00 bits per heavy atom. The number of rotatable bonds is 5. The van der Waals surface area contributed by atoms with Gasteiger partial charge in [0.1, 0.15) is 0 Å². The molecule has 1 atom stereocenters. The van der Waals surface area contributed by atoms with E-state index in [1.54, 1.807) is 12.1 Å². The van der Waals surface area contributed by atoms with E-state index in [1.165, 1.54) is 12.1 Å². The van der Waals surface area contributed by atoms with Gasteiger partial charge in [-0.2, -0.15) is 0 Å². The minimum Gasteiger partial charge on any atom is -0.258 e. The lowest BCUT2D eigenvalue weighted by atomic mass is 10.1. The lowest BCUT2D eigenvalue weighted by molar-refractivity contribution is -0.384. The lowest BCUT2D eigenvalue weighted by Crippen LogP contribution is -2.07. The summed E-state index contributed by atoms with van der Waals surface area (Å²) in [5.41, 5.74) is 0.883. The molecule has 0 radical (unpaired) electrons. The molecule has 0 aromatic heterocycles. The highest BCUT2D eigenvalue weighted by atomic mass is 35.5. The Kier molecular flexibility index (Phi) is 5.05. The molecule has 0 saturated carbocycles. The molecule has 0 spiro atoms. The third kappa shape index (κ3) is 4.06.